The van der Waals surface area contributed by atoms with Crippen molar-refractivity contribution in [1.29, 1.82) is 0 Å². The van der Waals surface area contributed by atoms with Gasteiger partial charge in [-0.1, -0.05) is 6.07 Å². The summed E-state index contributed by atoms with van der Waals surface area (Å²) in [6, 6.07) is 14.2. The lowest BCUT2D eigenvalue weighted by Gasteiger charge is -2.24. The average Bonchev–Trinajstić information content (AvgIpc) is 3.34. The highest BCUT2D eigenvalue weighted by Gasteiger charge is 2.28. The fourth-order valence-electron chi connectivity index (χ4n) is 3.46. The van der Waals surface area contributed by atoms with E-state index in [1.165, 1.54) is 44.6 Å². The summed E-state index contributed by atoms with van der Waals surface area (Å²) in [4.78, 5) is 12.7. The van der Waals surface area contributed by atoms with Crippen molar-refractivity contribution in [1.82, 2.24) is 5.32 Å². The Morgan fingerprint density at radius 3 is 2.40 bits per heavy atom. The molecule has 1 N–H and O–H groups in total. The topological polar surface area (TPSA) is 103 Å². The van der Waals surface area contributed by atoms with Crippen molar-refractivity contribution in [3.05, 3.63) is 72.0 Å². The molecule has 3 aromatic rings. The van der Waals surface area contributed by atoms with Crippen molar-refractivity contribution in [2.75, 3.05) is 31.9 Å². The number of rotatable bonds is 9. The maximum absolute atomic E-state index is 13.5. The van der Waals surface area contributed by atoms with E-state index >= 15 is 0 Å². The molecule has 0 bridgehead atoms. The lowest BCUT2D eigenvalue weighted by molar-refractivity contribution is -0.119. The normalized spacial score (nSPS) is 12.2. The first kappa shape index (κ1) is 24.1. The molecule has 1 aliphatic heterocycles. The van der Waals surface area contributed by atoms with Gasteiger partial charge in [0, 0.05) is 12.6 Å². The quantitative estimate of drug-likeness (QED) is 0.480. The number of nitrogens with zero attached hydrogens (tertiary/aromatic N) is 1. The van der Waals surface area contributed by atoms with Crippen molar-refractivity contribution in [2.45, 2.75) is 11.4 Å². The monoisotopic (exact) mass is 502 g/mol. The molecule has 0 unspecified atom stereocenters. The van der Waals surface area contributed by atoms with E-state index in [0.717, 1.165) is 22.0 Å². The van der Waals surface area contributed by atoms with Crippen LogP contribution in [0.1, 0.15) is 5.56 Å². The molecule has 1 aliphatic rings. The van der Waals surface area contributed by atoms with Gasteiger partial charge in [-0.05, 0) is 54.1 Å². The highest BCUT2D eigenvalue weighted by atomic mass is 32.2. The predicted octanol–water partition coefficient (Wildman–Crippen LogP) is 3.08. The molecule has 0 fully saturated rings. The fraction of sp³-hybridized carbons (Fsp3) is 0.208. The number of hydrogen-bond donors (Lipinski definition) is 1. The summed E-state index contributed by atoms with van der Waals surface area (Å²) >= 11 is 0. The molecule has 0 spiro atoms. The predicted molar refractivity (Wildman–Crippen MR) is 125 cm³/mol. The highest BCUT2D eigenvalue weighted by molar-refractivity contribution is 7.92. The number of halogens is 1. The van der Waals surface area contributed by atoms with Gasteiger partial charge in [0.1, 0.15) is 12.4 Å². The zero-order valence-corrected chi connectivity index (χ0v) is 19.8. The molecule has 11 heteroatoms. The number of anilines is 1. The summed E-state index contributed by atoms with van der Waals surface area (Å²) in [5, 5.41) is 2.71. The molecule has 0 saturated heterocycles. The zero-order chi connectivity index (χ0) is 25.0. The minimum Gasteiger partial charge on any atom is -0.493 e. The van der Waals surface area contributed by atoms with Crippen molar-refractivity contribution >= 4 is 21.6 Å². The number of sulfonamides is 1. The molecule has 4 rings (SSSR count). The molecule has 0 radical (unpaired) electrons. The molecule has 0 saturated carbocycles. The van der Waals surface area contributed by atoms with Crippen LogP contribution in [0.3, 0.4) is 0 Å². The fourth-order valence-corrected chi connectivity index (χ4v) is 4.90. The first-order valence-electron chi connectivity index (χ1n) is 10.5. The number of fused-ring (bicyclic) bond motifs is 1. The van der Waals surface area contributed by atoms with E-state index in [-0.39, 0.29) is 29.7 Å². The van der Waals surface area contributed by atoms with E-state index in [9.17, 15) is 17.6 Å². The zero-order valence-electron chi connectivity index (χ0n) is 19.0. The Morgan fingerprint density at radius 1 is 0.971 bits per heavy atom. The van der Waals surface area contributed by atoms with Gasteiger partial charge in [-0.3, -0.25) is 9.10 Å². The molecule has 0 aliphatic carbocycles. The summed E-state index contributed by atoms with van der Waals surface area (Å²) in [6.07, 6.45) is 0. The maximum atomic E-state index is 13.5. The SMILES string of the molecule is COc1ccc(S(=O)(=O)N(CC(=O)NCc2ccc3c(c2)OCO3)c2ccc(F)cc2)cc1OC. The van der Waals surface area contributed by atoms with E-state index in [4.69, 9.17) is 18.9 Å². The Bertz CT molecular complexity index is 1330. The largest absolute Gasteiger partial charge is 0.493 e. The van der Waals surface area contributed by atoms with Crippen LogP contribution >= 0.6 is 0 Å². The number of nitrogens with one attached hydrogen (secondary N) is 1. The van der Waals surface area contributed by atoms with Crippen LogP contribution in [0.5, 0.6) is 23.0 Å². The summed E-state index contributed by atoms with van der Waals surface area (Å²) in [7, 11) is -1.42. The van der Waals surface area contributed by atoms with Crippen LogP contribution in [0.15, 0.2) is 65.6 Å². The van der Waals surface area contributed by atoms with Crippen LogP contribution in [0.4, 0.5) is 10.1 Å². The third-order valence-corrected chi connectivity index (χ3v) is 7.04. The van der Waals surface area contributed by atoms with Crippen molar-refractivity contribution in [2.24, 2.45) is 0 Å². The van der Waals surface area contributed by atoms with Crippen LogP contribution in [0, 0.1) is 5.82 Å². The number of hydrogen-bond acceptors (Lipinski definition) is 7. The van der Waals surface area contributed by atoms with Gasteiger partial charge in [0.25, 0.3) is 10.0 Å². The Morgan fingerprint density at radius 2 is 1.69 bits per heavy atom. The minimum atomic E-state index is -4.23. The molecule has 35 heavy (non-hydrogen) atoms. The van der Waals surface area contributed by atoms with E-state index in [1.807, 2.05) is 0 Å². The lowest BCUT2D eigenvalue weighted by Crippen LogP contribution is -2.40. The van der Waals surface area contributed by atoms with E-state index in [0.29, 0.717) is 17.2 Å². The Kier molecular flexibility index (Phi) is 6.97. The average molecular weight is 503 g/mol. The molecular weight excluding hydrogens is 479 g/mol. The van der Waals surface area contributed by atoms with Crippen molar-refractivity contribution in [3.8, 4) is 23.0 Å². The second kappa shape index (κ2) is 10.1. The Hall–Kier alpha value is -3.99. The van der Waals surface area contributed by atoms with Crippen LogP contribution in [0.2, 0.25) is 0 Å². The Labute approximate surface area is 202 Å². The molecule has 1 amide bonds. The standard InChI is InChI=1S/C24H23FN2O7S/c1-31-20-10-8-19(12-22(20)32-2)35(29,30)27(18-6-4-17(25)5-7-18)14-24(28)26-13-16-3-9-21-23(11-16)34-15-33-21/h3-12H,13-15H2,1-2H3,(H,26,28). The summed E-state index contributed by atoms with van der Waals surface area (Å²) in [5.41, 5.74) is 0.873. The third-order valence-electron chi connectivity index (χ3n) is 5.27. The smallest absolute Gasteiger partial charge is 0.264 e. The van der Waals surface area contributed by atoms with Gasteiger partial charge in [-0.15, -0.1) is 0 Å². The Balaban J connectivity index is 1.58. The number of methoxy groups -OCH3 is 2. The van der Waals surface area contributed by atoms with Gasteiger partial charge < -0.3 is 24.3 Å². The maximum Gasteiger partial charge on any atom is 0.264 e. The van der Waals surface area contributed by atoms with Gasteiger partial charge in [-0.2, -0.15) is 0 Å². The van der Waals surface area contributed by atoms with Gasteiger partial charge in [0.15, 0.2) is 23.0 Å². The van der Waals surface area contributed by atoms with Gasteiger partial charge in [-0.25, -0.2) is 12.8 Å². The molecule has 184 valence electrons. The second-order valence-corrected chi connectivity index (χ2v) is 9.33. The van der Waals surface area contributed by atoms with Crippen molar-refractivity contribution < 1.29 is 36.6 Å². The van der Waals surface area contributed by atoms with E-state index < -0.39 is 28.3 Å². The van der Waals surface area contributed by atoms with Crippen LogP contribution < -0.4 is 28.6 Å². The van der Waals surface area contributed by atoms with Gasteiger partial charge in [0.2, 0.25) is 12.7 Å². The van der Waals surface area contributed by atoms with E-state index in [1.54, 1.807) is 18.2 Å². The molecular formula is C24H23FN2O7S. The number of carbonyl (C=O) groups excluding carboxylic acids is 1. The third kappa shape index (κ3) is 5.24. The molecule has 0 atom stereocenters. The summed E-state index contributed by atoms with van der Waals surface area (Å²) < 4.78 is 62.5. The molecule has 0 aromatic heterocycles. The number of carbonyl (C=O) groups is 1. The van der Waals surface area contributed by atoms with Crippen LogP contribution in [-0.4, -0.2) is 41.9 Å². The van der Waals surface area contributed by atoms with Crippen LogP contribution in [-0.2, 0) is 21.4 Å². The molecule has 1 heterocycles. The number of benzene rings is 3. The highest BCUT2D eigenvalue weighted by Crippen LogP contribution is 2.33. The molecule has 9 nitrogen and oxygen atoms in total. The number of ether oxygens (including phenoxy) is 4. The van der Waals surface area contributed by atoms with Gasteiger partial charge in [0.05, 0.1) is 24.8 Å². The first-order chi connectivity index (χ1) is 16.8. The van der Waals surface area contributed by atoms with Crippen molar-refractivity contribution in [3.63, 3.8) is 0 Å². The summed E-state index contributed by atoms with van der Waals surface area (Å²) in [6.45, 7) is -0.262. The lowest BCUT2D eigenvalue weighted by atomic mass is 10.2. The minimum absolute atomic E-state index is 0.122. The number of amides is 1. The van der Waals surface area contributed by atoms with Gasteiger partial charge >= 0.3 is 0 Å². The second-order valence-electron chi connectivity index (χ2n) is 7.47. The van der Waals surface area contributed by atoms with E-state index in [2.05, 4.69) is 5.32 Å². The summed E-state index contributed by atoms with van der Waals surface area (Å²) in [5.74, 6) is 0.644. The molecule has 3 aromatic carbocycles. The van der Waals surface area contributed by atoms with Crippen LogP contribution in [0.25, 0.3) is 0 Å². The first-order valence-corrected chi connectivity index (χ1v) is 11.9.